The highest BCUT2D eigenvalue weighted by molar-refractivity contribution is 5.99. The number of carbonyl (C=O) groups excluding carboxylic acids is 2. The van der Waals surface area contributed by atoms with Crippen molar-refractivity contribution in [1.29, 1.82) is 0 Å². The number of phenolic OH excluding ortho intramolecular Hbond substituents is 1. The number of hydrogen-bond acceptors (Lipinski definition) is 4. The summed E-state index contributed by atoms with van der Waals surface area (Å²) in [6, 6.07) is 13.1. The van der Waals surface area contributed by atoms with Crippen molar-refractivity contribution in [3.63, 3.8) is 0 Å². The van der Waals surface area contributed by atoms with Crippen LogP contribution in [0.4, 0.5) is 5.69 Å². The molecule has 2 amide bonds. The summed E-state index contributed by atoms with van der Waals surface area (Å²) in [7, 11) is 0. The van der Waals surface area contributed by atoms with Crippen LogP contribution in [0.15, 0.2) is 48.5 Å². The molecule has 3 rings (SSSR count). The lowest BCUT2D eigenvalue weighted by molar-refractivity contribution is -0.128. The van der Waals surface area contributed by atoms with Crippen molar-refractivity contribution in [2.75, 3.05) is 11.9 Å². The largest absolute Gasteiger partial charge is 0.506 e. The van der Waals surface area contributed by atoms with Gasteiger partial charge < -0.3 is 20.4 Å². The Bertz CT molecular complexity index is 850. The second kappa shape index (κ2) is 7.26. The minimum Gasteiger partial charge on any atom is -0.506 e. The average Bonchev–Trinajstić information content (AvgIpc) is 2.98. The molecule has 0 spiro atoms. The van der Waals surface area contributed by atoms with Crippen LogP contribution in [0.5, 0.6) is 5.75 Å². The van der Waals surface area contributed by atoms with E-state index in [1.807, 2.05) is 30.3 Å². The van der Waals surface area contributed by atoms with E-state index in [1.54, 1.807) is 4.90 Å². The van der Waals surface area contributed by atoms with Crippen LogP contribution in [0, 0.1) is 5.92 Å². The van der Waals surface area contributed by atoms with E-state index in [4.69, 9.17) is 5.11 Å². The van der Waals surface area contributed by atoms with Crippen LogP contribution in [-0.4, -0.2) is 39.4 Å². The van der Waals surface area contributed by atoms with Crippen molar-refractivity contribution in [3.8, 4) is 5.75 Å². The predicted molar refractivity (Wildman–Crippen MR) is 93.7 cm³/mol. The van der Waals surface area contributed by atoms with Gasteiger partial charge in [0.15, 0.2) is 0 Å². The minimum absolute atomic E-state index is 0.0175. The third-order valence-corrected chi connectivity index (χ3v) is 4.30. The molecule has 0 bridgehead atoms. The lowest BCUT2D eigenvalue weighted by Crippen LogP contribution is -2.28. The Hall–Kier alpha value is -3.35. The highest BCUT2D eigenvalue weighted by Gasteiger charge is 2.34. The van der Waals surface area contributed by atoms with E-state index in [-0.39, 0.29) is 35.9 Å². The van der Waals surface area contributed by atoms with E-state index in [1.165, 1.54) is 18.2 Å². The van der Waals surface area contributed by atoms with Gasteiger partial charge in [-0.3, -0.25) is 9.59 Å². The number of carbonyl (C=O) groups is 3. The molecule has 0 radical (unpaired) electrons. The highest BCUT2D eigenvalue weighted by Crippen LogP contribution is 2.27. The summed E-state index contributed by atoms with van der Waals surface area (Å²) < 4.78 is 0. The number of aromatic hydroxyl groups is 1. The van der Waals surface area contributed by atoms with Crippen LogP contribution in [-0.2, 0) is 16.1 Å². The average molecular weight is 354 g/mol. The van der Waals surface area contributed by atoms with Gasteiger partial charge in [-0.2, -0.15) is 0 Å². The molecule has 1 atom stereocenters. The standard InChI is InChI=1S/C19H18N2O5/c22-16-7-6-13(19(25)26)8-15(16)20-18(24)14-9-17(23)21(11-14)10-12-4-2-1-3-5-12/h1-8,14,22H,9-11H2,(H,20,24)(H,25,26). The zero-order valence-corrected chi connectivity index (χ0v) is 13.9. The molecular weight excluding hydrogens is 336 g/mol. The number of likely N-dealkylation sites (tertiary alicyclic amines) is 1. The van der Waals surface area contributed by atoms with Crippen molar-refractivity contribution >= 4 is 23.5 Å². The molecule has 1 fully saturated rings. The Morgan fingerprint density at radius 3 is 2.58 bits per heavy atom. The first-order valence-corrected chi connectivity index (χ1v) is 8.13. The minimum atomic E-state index is -1.16. The molecular formula is C19H18N2O5. The van der Waals surface area contributed by atoms with Crippen LogP contribution >= 0.6 is 0 Å². The normalized spacial score (nSPS) is 16.5. The van der Waals surface area contributed by atoms with Gasteiger partial charge in [-0.1, -0.05) is 30.3 Å². The van der Waals surface area contributed by atoms with Gasteiger partial charge in [0.25, 0.3) is 0 Å². The third kappa shape index (κ3) is 3.83. The predicted octanol–water partition coefficient (Wildman–Crippen LogP) is 2.08. The van der Waals surface area contributed by atoms with Crippen molar-refractivity contribution in [2.24, 2.45) is 5.92 Å². The van der Waals surface area contributed by atoms with Gasteiger partial charge in [0.2, 0.25) is 11.8 Å². The van der Waals surface area contributed by atoms with Gasteiger partial charge in [-0.15, -0.1) is 0 Å². The zero-order valence-electron chi connectivity index (χ0n) is 13.9. The van der Waals surface area contributed by atoms with Gasteiger partial charge >= 0.3 is 5.97 Å². The Labute approximate surface area is 149 Å². The van der Waals surface area contributed by atoms with Crippen LogP contribution in [0.25, 0.3) is 0 Å². The molecule has 1 unspecified atom stereocenters. The maximum Gasteiger partial charge on any atom is 0.335 e. The number of nitrogens with zero attached hydrogens (tertiary/aromatic N) is 1. The Kier molecular flexibility index (Phi) is 4.88. The number of carboxylic acids is 1. The Morgan fingerprint density at radius 1 is 1.15 bits per heavy atom. The molecule has 1 heterocycles. The van der Waals surface area contributed by atoms with Crippen molar-refractivity contribution in [3.05, 3.63) is 59.7 Å². The summed E-state index contributed by atoms with van der Waals surface area (Å²) in [5.74, 6) is -2.48. The highest BCUT2D eigenvalue weighted by atomic mass is 16.4. The van der Waals surface area contributed by atoms with Crippen LogP contribution in [0.3, 0.4) is 0 Å². The van der Waals surface area contributed by atoms with Crippen LogP contribution in [0.1, 0.15) is 22.3 Å². The lowest BCUT2D eigenvalue weighted by atomic mass is 10.1. The van der Waals surface area contributed by atoms with Crippen molar-refractivity contribution < 1.29 is 24.6 Å². The SMILES string of the molecule is O=C(O)c1ccc(O)c(NC(=O)C2CC(=O)N(Cc3ccccc3)C2)c1. The Balaban J connectivity index is 1.67. The first-order chi connectivity index (χ1) is 12.4. The molecule has 1 aliphatic heterocycles. The second-order valence-electron chi connectivity index (χ2n) is 6.19. The maximum atomic E-state index is 12.4. The van der Waals surface area contributed by atoms with Crippen molar-refractivity contribution in [1.82, 2.24) is 4.90 Å². The smallest absolute Gasteiger partial charge is 0.335 e. The summed E-state index contributed by atoms with van der Waals surface area (Å²) in [5.41, 5.74) is 0.948. The zero-order chi connectivity index (χ0) is 18.7. The third-order valence-electron chi connectivity index (χ3n) is 4.30. The van der Waals surface area contributed by atoms with Gasteiger partial charge in [-0.05, 0) is 23.8 Å². The number of nitrogens with one attached hydrogen (secondary N) is 1. The maximum absolute atomic E-state index is 12.4. The van der Waals surface area contributed by atoms with Crippen LogP contribution in [0.2, 0.25) is 0 Å². The fourth-order valence-electron chi connectivity index (χ4n) is 2.91. The topological polar surface area (TPSA) is 107 Å². The first-order valence-electron chi connectivity index (χ1n) is 8.13. The van der Waals surface area contributed by atoms with Gasteiger partial charge in [0, 0.05) is 19.5 Å². The number of rotatable bonds is 5. The summed E-state index contributed by atoms with van der Waals surface area (Å²) in [6.07, 6.45) is 0.0814. The van der Waals surface area contributed by atoms with E-state index >= 15 is 0 Å². The van der Waals surface area contributed by atoms with Gasteiger partial charge in [-0.25, -0.2) is 4.79 Å². The molecule has 0 aliphatic carbocycles. The Morgan fingerprint density at radius 2 is 1.88 bits per heavy atom. The summed E-state index contributed by atoms with van der Waals surface area (Å²) >= 11 is 0. The van der Waals surface area contributed by atoms with Crippen molar-refractivity contribution in [2.45, 2.75) is 13.0 Å². The molecule has 0 saturated carbocycles. The molecule has 0 aromatic heterocycles. The fraction of sp³-hybridized carbons (Fsp3) is 0.211. The molecule has 2 aromatic rings. The van der Waals surface area contributed by atoms with Gasteiger partial charge in [0.05, 0.1) is 17.2 Å². The summed E-state index contributed by atoms with van der Waals surface area (Å²) in [4.78, 5) is 37.3. The second-order valence-corrected chi connectivity index (χ2v) is 6.19. The summed E-state index contributed by atoms with van der Waals surface area (Å²) in [5, 5.41) is 21.4. The van der Waals surface area contributed by atoms with E-state index < -0.39 is 17.8 Å². The molecule has 2 aromatic carbocycles. The number of aromatic carboxylic acids is 1. The number of amides is 2. The molecule has 3 N–H and O–H groups in total. The number of carboxylic acid groups (broad SMARTS) is 1. The fourth-order valence-corrected chi connectivity index (χ4v) is 2.91. The molecule has 134 valence electrons. The molecule has 1 aliphatic rings. The van der Waals surface area contributed by atoms with E-state index in [2.05, 4.69) is 5.32 Å². The molecule has 7 heteroatoms. The molecule has 1 saturated heterocycles. The number of benzene rings is 2. The molecule has 26 heavy (non-hydrogen) atoms. The summed E-state index contributed by atoms with van der Waals surface area (Å²) in [6.45, 7) is 0.710. The van der Waals surface area contributed by atoms with Crippen LogP contribution < -0.4 is 5.32 Å². The monoisotopic (exact) mass is 354 g/mol. The first kappa shape index (κ1) is 17.5. The molecule has 7 nitrogen and oxygen atoms in total. The van der Waals surface area contributed by atoms with E-state index in [9.17, 15) is 19.5 Å². The van der Waals surface area contributed by atoms with E-state index in [0.29, 0.717) is 6.54 Å². The quantitative estimate of drug-likeness (QED) is 0.713. The number of hydrogen-bond donors (Lipinski definition) is 3. The number of phenols is 1. The van der Waals surface area contributed by atoms with Gasteiger partial charge in [0.1, 0.15) is 5.75 Å². The lowest BCUT2D eigenvalue weighted by Gasteiger charge is -2.17. The van der Waals surface area contributed by atoms with E-state index in [0.717, 1.165) is 5.56 Å². The number of anilines is 1.